The fourth-order valence-corrected chi connectivity index (χ4v) is 3.57. The molecule has 0 aromatic carbocycles. The minimum atomic E-state index is 0.230. The van der Waals surface area contributed by atoms with Gasteiger partial charge in [-0.15, -0.1) is 11.3 Å². The molecule has 2 fully saturated rings. The molecule has 19 heavy (non-hydrogen) atoms. The SMILES string of the molecule is Cc1ccsc1C(=O)N1CCC(NCC2CC2)CC1. The van der Waals surface area contributed by atoms with Crippen molar-refractivity contribution in [2.75, 3.05) is 19.6 Å². The van der Waals surface area contributed by atoms with E-state index < -0.39 is 0 Å². The highest BCUT2D eigenvalue weighted by molar-refractivity contribution is 7.12. The molecule has 0 atom stereocenters. The summed E-state index contributed by atoms with van der Waals surface area (Å²) >= 11 is 1.57. The normalized spacial score (nSPS) is 20.8. The lowest BCUT2D eigenvalue weighted by Crippen LogP contribution is -2.45. The van der Waals surface area contributed by atoms with Gasteiger partial charge in [0, 0.05) is 19.1 Å². The van der Waals surface area contributed by atoms with Crippen LogP contribution in [0, 0.1) is 12.8 Å². The van der Waals surface area contributed by atoms with E-state index in [-0.39, 0.29) is 5.91 Å². The summed E-state index contributed by atoms with van der Waals surface area (Å²) in [5.41, 5.74) is 1.11. The predicted octanol–water partition coefficient (Wildman–Crippen LogP) is 2.66. The largest absolute Gasteiger partial charge is 0.338 e. The summed E-state index contributed by atoms with van der Waals surface area (Å²) < 4.78 is 0. The van der Waals surface area contributed by atoms with Crippen molar-refractivity contribution in [1.29, 1.82) is 0 Å². The zero-order chi connectivity index (χ0) is 13.2. The number of nitrogens with zero attached hydrogens (tertiary/aromatic N) is 1. The second-order valence-corrected chi connectivity index (χ2v) is 6.77. The first-order valence-corrected chi connectivity index (χ1v) is 8.19. The average Bonchev–Trinajstić information content (AvgIpc) is 3.17. The number of nitrogens with one attached hydrogen (secondary N) is 1. The second kappa shape index (κ2) is 5.63. The van der Waals surface area contributed by atoms with Gasteiger partial charge in [-0.05, 0) is 62.1 Å². The molecule has 1 aliphatic carbocycles. The maximum Gasteiger partial charge on any atom is 0.264 e. The van der Waals surface area contributed by atoms with Crippen LogP contribution in [-0.2, 0) is 0 Å². The molecule has 0 radical (unpaired) electrons. The zero-order valence-electron chi connectivity index (χ0n) is 11.5. The molecule has 0 spiro atoms. The van der Waals surface area contributed by atoms with Crippen LogP contribution in [0.1, 0.15) is 40.9 Å². The molecule has 104 valence electrons. The van der Waals surface area contributed by atoms with Crippen LogP contribution in [0.25, 0.3) is 0 Å². The van der Waals surface area contributed by atoms with Gasteiger partial charge in [-0.3, -0.25) is 4.79 Å². The molecule has 3 rings (SSSR count). The van der Waals surface area contributed by atoms with Crippen LogP contribution in [-0.4, -0.2) is 36.5 Å². The van der Waals surface area contributed by atoms with Crippen LogP contribution >= 0.6 is 11.3 Å². The number of carbonyl (C=O) groups excluding carboxylic acids is 1. The van der Waals surface area contributed by atoms with Crippen molar-refractivity contribution in [3.63, 3.8) is 0 Å². The Morgan fingerprint density at radius 1 is 1.37 bits per heavy atom. The number of carbonyl (C=O) groups is 1. The molecule has 1 amide bonds. The lowest BCUT2D eigenvalue weighted by Gasteiger charge is -2.32. The van der Waals surface area contributed by atoms with E-state index >= 15 is 0 Å². The summed E-state index contributed by atoms with van der Waals surface area (Å²) in [7, 11) is 0. The molecule has 1 aromatic rings. The molecule has 2 aliphatic rings. The fraction of sp³-hybridized carbons (Fsp3) is 0.667. The molecule has 0 unspecified atom stereocenters. The lowest BCUT2D eigenvalue weighted by atomic mass is 10.0. The van der Waals surface area contributed by atoms with Crippen molar-refractivity contribution >= 4 is 17.2 Å². The molecular formula is C15H22N2OS. The molecule has 1 saturated carbocycles. The number of thiophene rings is 1. The van der Waals surface area contributed by atoms with E-state index in [4.69, 9.17) is 0 Å². The van der Waals surface area contributed by atoms with Crippen LogP contribution < -0.4 is 5.32 Å². The van der Waals surface area contributed by atoms with E-state index in [1.807, 2.05) is 23.3 Å². The van der Waals surface area contributed by atoms with Gasteiger partial charge in [-0.2, -0.15) is 0 Å². The summed E-state index contributed by atoms with van der Waals surface area (Å²) in [5.74, 6) is 1.17. The Morgan fingerprint density at radius 2 is 2.11 bits per heavy atom. The van der Waals surface area contributed by atoms with Gasteiger partial charge in [-0.1, -0.05) is 0 Å². The average molecular weight is 278 g/mol. The smallest absolute Gasteiger partial charge is 0.264 e. The molecule has 0 bridgehead atoms. The summed E-state index contributed by atoms with van der Waals surface area (Å²) in [6.45, 7) is 5.01. The molecule has 2 heterocycles. The van der Waals surface area contributed by atoms with E-state index in [2.05, 4.69) is 5.32 Å². The van der Waals surface area contributed by atoms with Crippen LogP contribution in [0.5, 0.6) is 0 Å². The highest BCUT2D eigenvalue weighted by Gasteiger charge is 2.27. The molecule has 1 aliphatic heterocycles. The van der Waals surface area contributed by atoms with Gasteiger partial charge >= 0.3 is 0 Å². The van der Waals surface area contributed by atoms with Crippen molar-refractivity contribution in [3.05, 3.63) is 21.9 Å². The van der Waals surface area contributed by atoms with Crippen LogP contribution in [0.3, 0.4) is 0 Å². The quantitative estimate of drug-likeness (QED) is 0.918. The van der Waals surface area contributed by atoms with E-state index in [0.29, 0.717) is 6.04 Å². The number of aryl methyl sites for hydroxylation is 1. The lowest BCUT2D eigenvalue weighted by molar-refractivity contribution is 0.0709. The highest BCUT2D eigenvalue weighted by Crippen LogP contribution is 2.28. The monoisotopic (exact) mass is 278 g/mol. The third-order valence-electron chi connectivity index (χ3n) is 4.23. The Hall–Kier alpha value is -0.870. The first kappa shape index (κ1) is 13.1. The van der Waals surface area contributed by atoms with Gasteiger partial charge in [0.2, 0.25) is 0 Å². The predicted molar refractivity (Wildman–Crippen MR) is 78.7 cm³/mol. The minimum absolute atomic E-state index is 0.230. The summed E-state index contributed by atoms with van der Waals surface area (Å²) in [6.07, 6.45) is 5.01. The van der Waals surface area contributed by atoms with Crippen LogP contribution in [0.2, 0.25) is 0 Å². The van der Waals surface area contributed by atoms with Crippen molar-refractivity contribution < 1.29 is 4.79 Å². The first-order valence-electron chi connectivity index (χ1n) is 7.31. The van der Waals surface area contributed by atoms with E-state index in [1.54, 1.807) is 11.3 Å². The van der Waals surface area contributed by atoms with Gasteiger partial charge in [0.05, 0.1) is 4.88 Å². The molecular weight excluding hydrogens is 256 g/mol. The number of rotatable bonds is 4. The Morgan fingerprint density at radius 3 is 2.68 bits per heavy atom. The third-order valence-corrected chi connectivity index (χ3v) is 5.24. The van der Waals surface area contributed by atoms with Gasteiger partial charge in [0.1, 0.15) is 0 Å². The van der Waals surface area contributed by atoms with E-state index in [0.717, 1.165) is 42.3 Å². The van der Waals surface area contributed by atoms with Crippen molar-refractivity contribution in [1.82, 2.24) is 10.2 Å². The van der Waals surface area contributed by atoms with Crippen molar-refractivity contribution in [2.24, 2.45) is 5.92 Å². The number of piperidine rings is 1. The van der Waals surface area contributed by atoms with Crippen molar-refractivity contribution in [2.45, 2.75) is 38.6 Å². The molecule has 3 nitrogen and oxygen atoms in total. The van der Waals surface area contributed by atoms with Gasteiger partial charge < -0.3 is 10.2 Å². The summed E-state index contributed by atoms with van der Waals surface area (Å²) in [5, 5.41) is 5.66. The number of hydrogen-bond donors (Lipinski definition) is 1. The summed E-state index contributed by atoms with van der Waals surface area (Å²) in [6, 6.07) is 2.65. The minimum Gasteiger partial charge on any atom is -0.338 e. The van der Waals surface area contributed by atoms with Gasteiger partial charge in [0.15, 0.2) is 0 Å². The Kier molecular flexibility index (Phi) is 3.89. The second-order valence-electron chi connectivity index (χ2n) is 5.85. The fourth-order valence-electron chi connectivity index (χ4n) is 2.68. The standard InChI is InChI=1S/C15H22N2OS/c1-11-6-9-19-14(11)15(18)17-7-4-13(5-8-17)16-10-12-2-3-12/h6,9,12-13,16H,2-5,7-8,10H2,1H3. The maximum atomic E-state index is 12.4. The first-order chi connectivity index (χ1) is 9.24. The number of hydrogen-bond acceptors (Lipinski definition) is 3. The Bertz CT molecular complexity index is 445. The maximum absolute atomic E-state index is 12.4. The Labute approximate surface area is 119 Å². The molecule has 1 aromatic heterocycles. The van der Waals surface area contributed by atoms with Crippen molar-refractivity contribution in [3.8, 4) is 0 Å². The Balaban J connectivity index is 1.49. The number of amides is 1. The molecule has 4 heteroatoms. The van der Waals surface area contributed by atoms with E-state index in [9.17, 15) is 4.79 Å². The van der Waals surface area contributed by atoms with Crippen LogP contribution in [0.4, 0.5) is 0 Å². The van der Waals surface area contributed by atoms with Gasteiger partial charge in [-0.25, -0.2) is 0 Å². The van der Waals surface area contributed by atoms with Crippen LogP contribution in [0.15, 0.2) is 11.4 Å². The van der Waals surface area contributed by atoms with E-state index in [1.165, 1.54) is 19.4 Å². The molecule has 1 saturated heterocycles. The molecule has 1 N–H and O–H groups in total. The number of likely N-dealkylation sites (tertiary alicyclic amines) is 1. The zero-order valence-corrected chi connectivity index (χ0v) is 12.3. The summed E-state index contributed by atoms with van der Waals surface area (Å²) in [4.78, 5) is 15.3. The highest BCUT2D eigenvalue weighted by atomic mass is 32.1. The van der Waals surface area contributed by atoms with Gasteiger partial charge in [0.25, 0.3) is 5.91 Å². The topological polar surface area (TPSA) is 32.3 Å². The third kappa shape index (κ3) is 3.18.